The number of amides is 2. The van der Waals surface area contributed by atoms with E-state index in [2.05, 4.69) is 12.2 Å². The highest BCUT2D eigenvalue weighted by Gasteiger charge is 2.28. The lowest BCUT2D eigenvalue weighted by Crippen LogP contribution is -2.53. The van der Waals surface area contributed by atoms with Crippen molar-refractivity contribution in [1.29, 1.82) is 0 Å². The zero-order valence-electron chi connectivity index (χ0n) is 19.0. The average molecular weight is 411 g/mol. The number of aryl methyl sites for hydroxylation is 2. The molecule has 0 heterocycles. The van der Waals surface area contributed by atoms with Crippen LogP contribution in [0, 0.1) is 6.92 Å². The summed E-state index contributed by atoms with van der Waals surface area (Å²) in [5, 5.41) is 2.96. The summed E-state index contributed by atoms with van der Waals surface area (Å²) >= 11 is 0. The fourth-order valence-electron chi connectivity index (χ4n) is 3.00. The second-order valence-corrected chi connectivity index (χ2v) is 8.71. The van der Waals surface area contributed by atoms with E-state index in [1.54, 1.807) is 11.8 Å². The molecule has 0 fully saturated rings. The van der Waals surface area contributed by atoms with Crippen LogP contribution >= 0.6 is 0 Å². The number of ether oxygens (including phenoxy) is 1. The summed E-state index contributed by atoms with van der Waals surface area (Å²) in [5.74, 6) is 0.226. The van der Waals surface area contributed by atoms with E-state index in [1.165, 1.54) is 5.56 Å². The first kappa shape index (κ1) is 23.5. The first-order valence-corrected chi connectivity index (χ1v) is 10.5. The normalized spacial score (nSPS) is 12.2. The van der Waals surface area contributed by atoms with Gasteiger partial charge >= 0.3 is 0 Å². The Balaban J connectivity index is 2.14. The number of nitrogens with one attached hydrogen (secondary N) is 1. The second-order valence-electron chi connectivity index (χ2n) is 8.71. The maximum atomic E-state index is 13.0. The van der Waals surface area contributed by atoms with Gasteiger partial charge in [-0.05, 0) is 64.3 Å². The Hall–Kier alpha value is -2.82. The van der Waals surface area contributed by atoms with Crippen molar-refractivity contribution >= 4 is 11.8 Å². The zero-order valence-corrected chi connectivity index (χ0v) is 19.0. The minimum Gasteiger partial charge on any atom is -0.484 e. The van der Waals surface area contributed by atoms with Crippen molar-refractivity contribution in [3.8, 4) is 5.75 Å². The Labute approximate surface area is 180 Å². The molecule has 1 N–H and O–H groups in total. The zero-order chi connectivity index (χ0) is 22.3. The molecule has 2 aromatic carbocycles. The fraction of sp³-hybridized carbons (Fsp3) is 0.440. The van der Waals surface area contributed by atoms with Gasteiger partial charge in [0, 0.05) is 12.1 Å². The Morgan fingerprint density at radius 1 is 1.00 bits per heavy atom. The number of hydrogen-bond acceptors (Lipinski definition) is 3. The van der Waals surface area contributed by atoms with Crippen LogP contribution in [-0.4, -0.2) is 34.9 Å². The highest BCUT2D eigenvalue weighted by molar-refractivity contribution is 5.88. The highest BCUT2D eigenvalue weighted by atomic mass is 16.5. The summed E-state index contributed by atoms with van der Waals surface area (Å²) in [6.07, 6.45) is 0.948. The Bertz CT molecular complexity index is 836. The van der Waals surface area contributed by atoms with Crippen LogP contribution in [0.4, 0.5) is 0 Å². The minimum absolute atomic E-state index is 0.121. The van der Waals surface area contributed by atoms with Crippen molar-refractivity contribution < 1.29 is 14.3 Å². The van der Waals surface area contributed by atoms with Gasteiger partial charge in [0.1, 0.15) is 11.8 Å². The van der Waals surface area contributed by atoms with E-state index in [4.69, 9.17) is 4.74 Å². The van der Waals surface area contributed by atoms with Crippen LogP contribution in [0.15, 0.2) is 48.5 Å². The van der Waals surface area contributed by atoms with Gasteiger partial charge in [0.05, 0.1) is 0 Å². The monoisotopic (exact) mass is 410 g/mol. The molecule has 0 saturated heterocycles. The Kier molecular flexibility index (Phi) is 8.04. The van der Waals surface area contributed by atoms with Crippen LogP contribution in [-0.2, 0) is 22.6 Å². The number of nitrogens with zero attached hydrogens (tertiary/aromatic N) is 1. The molecule has 30 heavy (non-hydrogen) atoms. The number of rotatable bonds is 8. The van der Waals surface area contributed by atoms with Crippen LogP contribution in [0.5, 0.6) is 5.75 Å². The van der Waals surface area contributed by atoms with E-state index < -0.39 is 6.04 Å². The molecule has 0 spiro atoms. The SMILES string of the molecule is CCc1ccc(OCC(=O)N(Cc2ccc(C)cc2)C(C)C(=O)NC(C)(C)C)cc1. The Morgan fingerprint density at radius 2 is 1.57 bits per heavy atom. The Morgan fingerprint density at radius 3 is 2.10 bits per heavy atom. The summed E-state index contributed by atoms with van der Waals surface area (Å²) in [4.78, 5) is 27.4. The van der Waals surface area contributed by atoms with Crippen LogP contribution in [0.3, 0.4) is 0 Å². The maximum absolute atomic E-state index is 13.0. The molecule has 0 aliphatic rings. The molecule has 2 rings (SSSR count). The third-order valence-corrected chi connectivity index (χ3v) is 4.83. The standard InChI is InChI=1S/C25H34N2O3/c1-7-20-12-14-22(15-13-20)30-17-23(28)27(16-21-10-8-18(2)9-11-21)19(3)24(29)26-25(4,5)6/h8-15,19H,7,16-17H2,1-6H3,(H,26,29). The molecule has 0 saturated carbocycles. The van der Waals surface area contributed by atoms with Gasteiger partial charge in [0.2, 0.25) is 5.91 Å². The van der Waals surface area contributed by atoms with Crippen molar-refractivity contribution in [3.63, 3.8) is 0 Å². The highest BCUT2D eigenvalue weighted by Crippen LogP contribution is 2.15. The number of carbonyl (C=O) groups is 2. The van der Waals surface area contributed by atoms with Gasteiger partial charge in [-0.15, -0.1) is 0 Å². The molecule has 0 aromatic heterocycles. The second kappa shape index (κ2) is 10.3. The smallest absolute Gasteiger partial charge is 0.261 e. The van der Waals surface area contributed by atoms with Crippen molar-refractivity contribution in [2.24, 2.45) is 0 Å². The summed E-state index contributed by atoms with van der Waals surface area (Å²) in [7, 11) is 0. The van der Waals surface area contributed by atoms with Gasteiger partial charge < -0.3 is 15.0 Å². The van der Waals surface area contributed by atoms with Crippen molar-refractivity contribution in [2.45, 2.75) is 66.1 Å². The molecule has 2 aromatic rings. The lowest BCUT2D eigenvalue weighted by molar-refractivity contribution is -0.142. The molecule has 1 atom stereocenters. The van der Waals surface area contributed by atoms with E-state index in [0.717, 1.165) is 17.5 Å². The minimum atomic E-state index is -0.621. The fourth-order valence-corrected chi connectivity index (χ4v) is 3.00. The lowest BCUT2D eigenvalue weighted by atomic mass is 10.1. The van der Waals surface area contributed by atoms with Crippen LogP contribution in [0.1, 0.15) is 51.3 Å². The van der Waals surface area contributed by atoms with Gasteiger partial charge in [-0.25, -0.2) is 0 Å². The maximum Gasteiger partial charge on any atom is 0.261 e. The van der Waals surface area contributed by atoms with E-state index >= 15 is 0 Å². The van der Waals surface area contributed by atoms with Gasteiger partial charge in [0.25, 0.3) is 5.91 Å². The third-order valence-electron chi connectivity index (χ3n) is 4.83. The van der Waals surface area contributed by atoms with Gasteiger partial charge in [-0.3, -0.25) is 9.59 Å². The van der Waals surface area contributed by atoms with Gasteiger partial charge in [-0.2, -0.15) is 0 Å². The quantitative estimate of drug-likeness (QED) is 0.707. The van der Waals surface area contributed by atoms with Crippen molar-refractivity contribution in [3.05, 3.63) is 65.2 Å². The molecule has 0 aliphatic heterocycles. The molecule has 5 nitrogen and oxygen atoms in total. The van der Waals surface area contributed by atoms with Crippen molar-refractivity contribution in [2.75, 3.05) is 6.61 Å². The van der Waals surface area contributed by atoms with E-state index in [-0.39, 0.29) is 24.0 Å². The number of carbonyl (C=O) groups excluding carboxylic acids is 2. The van der Waals surface area contributed by atoms with E-state index in [9.17, 15) is 9.59 Å². The predicted molar refractivity (Wildman–Crippen MR) is 120 cm³/mol. The molecule has 1 unspecified atom stereocenters. The lowest BCUT2D eigenvalue weighted by Gasteiger charge is -2.31. The first-order chi connectivity index (χ1) is 14.1. The topological polar surface area (TPSA) is 58.6 Å². The molecule has 5 heteroatoms. The molecule has 0 radical (unpaired) electrons. The molecule has 0 bridgehead atoms. The number of hydrogen-bond donors (Lipinski definition) is 1. The van der Waals surface area contributed by atoms with Gasteiger partial charge in [0.15, 0.2) is 6.61 Å². The number of benzene rings is 2. The molecular weight excluding hydrogens is 376 g/mol. The molecule has 0 aliphatic carbocycles. The third kappa shape index (κ3) is 7.21. The van der Waals surface area contributed by atoms with Crippen LogP contribution in [0.25, 0.3) is 0 Å². The summed E-state index contributed by atoms with van der Waals surface area (Å²) < 4.78 is 5.71. The predicted octanol–water partition coefficient (Wildman–Crippen LogP) is 4.27. The molecule has 162 valence electrons. The average Bonchev–Trinajstić information content (AvgIpc) is 2.70. The van der Waals surface area contributed by atoms with Crippen molar-refractivity contribution in [1.82, 2.24) is 10.2 Å². The van der Waals surface area contributed by atoms with Gasteiger partial charge in [-0.1, -0.05) is 48.9 Å². The van der Waals surface area contributed by atoms with Crippen LogP contribution in [0.2, 0.25) is 0 Å². The molecular formula is C25H34N2O3. The largest absolute Gasteiger partial charge is 0.484 e. The molecule has 2 amide bonds. The first-order valence-electron chi connectivity index (χ1n) is 10.5. The summed E-state index contributed by atoms with van der Waals surface area (Å²) in [6, 6.07) is 15.1. The van der Waals surface area contributed by atoms with Crippen LogP contribution < -0.4 is 10.1 Å². The summed E-state index contributed by atoms with van der Waals surface area (Å²) in [6.45, 7) is 11.9. The van der Waals surface area contributed by atoms with E-state index in [1.807, 2.05) is 76.2 Å². The van der Waals surface area contributed by atoms with E-state index in [0.29, 0.717) is 12.3 Å². The summed E-state index contributed by atoms with van der Waals surface area (Å²) in [5.41, 5.74) is 2.95.